The number of hydrogen-bond acceptors (Lipinski definition) is 8. The Labute approximate surface area is 224 Å². The van der Waals surface area contributed by atoms with E-state index in [-0.39, 0.29) is 16.7 Å². The van der Waals surface area contributed by atoms with Gasteiger partial charge in [-0.2, -0.15) is 5.11 Å². The Morgan fingerprint density at radius 1 is 0.946 bits per heavy atom. The van der Waals surface area contributed by atoms with Crippen molar-refractivity contribution in [1.29, 1.82) is 0 Å². The normalized spacial score (nSPS) is 11.3. The molecule has 0 aliphatic heterocycles. The van der Waals surface area contributed by atoms with Gasteiger partial charge in [-0.15, -0.1) is 5.11 Å². The molecule has 202 valence electrons. The molecule has 37 heavy (non-hydrogen) atoms. The van der Waals surface area contributed by atoms with E-state index in [9.17, 15) is 14.9 Å². The number of anilines is 1. The second-order valence-corrected chi connectivity index (χ2v) is 9.01. The lowest BCUT2D eigenvalue weighted by Gasteiger charge is -2.23. The van der Waals surface area contributed by atoms with E-state index in [1.54, 1.807) is 0 Å². The SMILES string of the molecule is CCN(CC)CCCCCCC(=O)OCCN(CC)c1ccc(N=Nc2ccc([N+](=O)[O-])cc2Cl)cc1. The number of unbranched alkanes of at least 4 members (excludes halogenated alkanes) is 3. The van der Waals surface area contributed by atoms with Crippen LogP contribution in [0, 0.1) is 10.1 Å². The first kappa shape index (κ1) is 30.2. The topological polar surface area (TPSA) is 101 Å². The van der Waals surface area contributed by atoms with Gasteiger partial charge in [0, 0.05) is 30.8 Å². The number of ether oxygens (including phenoxy) is 1. The van der Waals surface area contributed by atoms with Gasteiger partial charge in [-0.1, -0.05) is 38.3 Å². The van der Waals surface area contributed by atoms with Crippen LogP contribution in [0.4, 0.5) is 22.7 Å². The fourth-order valence-corrected chi connectivity index (χ4v) is 4.05. The zero-order valence-electron chi connectivity index (χ0n) is 22.1. The summed E-state index contributed by atoms with van der Waals surface area (Å²) < 4.78 is 5.44. The number of nitro benzene ring substituents is 1. The first-order chi connectivity index (χ1) is 17.9. The Morgan fingerprint density at radius 2 is 1.65 bits per heavy atom. The van der Waals surface area contributed by atoms with Gasteiger partial charge in [0.05, 0.1) is 22.2 Å². The molecule has 9 nitrogen and oxygen atoms in total. The number of hydrogen-bond donors (Lipinski definition) is 0. The van der Waals surface area contributed by atoms with Crippen LogP contribution in [0.2, 0.25) is 5.02 Å². The molecule has 10 heteroatoms. The Hall–Kier alpha value is -3.04. The van der Waals surface area contributed by atoms with Gasteiger partial charge in [0.15, 0.2) is 0 Å². The molecule has 0 heterocycles. The lowest BCUT2D eigenvalue weighted by Crippen LogP contribution is -2.27. The second-order valence-electron chi connectivity index (χ2n) is 8.60. The van der Waals surface area contributed by atoms with Crippen LogP contribution in [-0.4, -0.2) is 55.1 Å². The summed E-state index contributed by atoms with van der Waals surface area (Å²) in [5.74, 6) is -0.138. The predicted octanol–water partition coefficient (Wildman–Crippen LogP) is 7.33. The third kappa shape index (κ3) is 10.9. The van der Waals surface area contributed by atoms with Crippen molar-refractivity contribution in [2.24, 2.45) is 10.2 Å². The Balaban J connectivity index is 1.73. The lowest BCUT2D eigenvalue weighted by atomic mass is 10.1. The highest BCUT2D eigenvalue weighted by atomic mass is 35.5. The largest absolute Gasteiger partial charge is 0.464 e. The molecular formula is C27H38ClN5O4. The highest BCUT2D eigenvalue weighted by molar-refractivity contribution is 6.33. The lowest BCUT2D eigenvalue weighted by molar-refractivity contribution is -0.384. The van der Waals surface area contributed by atoms with Gasteiger partial charge < -0.3 is 14.5 Å². The number of nitro groups is 1. The van der Waals surface area contributed by atoms with Gasteiger partial charge in [-0.25, -0.2) is 0 Å². The van der Waals surface area contributed by atoms with Crippen LogP contribution in [0.5, 0.6) is 0 Å². The van der Waals surface area contributed by atoms with Crippen molar-refractivity contribution in [3.8, 4) is 0 Å². The van der Waals surface area contributed by atoms with E-state index in [1.807, 2.05) is 31.2 Å². The number of carbonyl (C=O) groups is 1. The molecule has 0 aromatic heterocycles. The summed E-state index contributed by atoms with van der Waals surface area (Å²) >= 11 is 6.06. The van der Waals surface area contributed by atoms with Crippen molar-refractivity contribution >= 4 is 40.3 Å². The number of non-ortho nitro benzene ring substituents is 1. The molecule has 0 unspecified atom stereocenters. The van der Waals surface area contributed by atoms with Gasteiger partial charge in [0.25, 0.3) is 5.69 Å². The zero-order valence-corrected chi connectivity index (χ0v) is 22.8. The molecule has 0 saturated heterocycles. The molecule has 0 aliphatic rings. The fraction of sp³-hybridized carbons (Fsp3) is 0.519. The molecule has 0 aliphatic carbocycles. The van der Waals surface area contributed by atoms with E-state index in [0.717, 1.165) is 51.1 Å². The third-order valence-corrected chi connectivity index (χ3v) is 6.44. The molecule has 0 saturated carbocycles. The number of nitrogens with zero attached hydrogens (tertiary/aromatic N) is 5. The minimum atomic E-state index is -0.512. The van der Waals surface area contributed by atoms with Gasteiger partial charge in [-0.3, -0.25) is 14.9 Å². The van der Waals surface area contributed by atoms with E-state index in [2.05, 4.69) is 33.9 Å². The summed E-state index contributed by atoms with van der Waals surface area (Å²) in [5.41, 5.74) is 1.87. The first-order valence-electron chi connectivity index (χ1n) is 13.0. The third-order valence-electron chi connectivity index (χ3n) is 6.14. The number of likely N-dealkylation sites (N-methyl/N-ethyl adjacent to an activating group) is 1. The van der Waals surface area contributed by atoms with E-state index < -0.39 is 4.92 Å². The summed E-state index contributed by atoms with van der Waals surface area (Å²) in [5, 5.41) is 19.3. The second kappa shape index (κ2) is 16.7. The van der Waals surface area contributed by atoms with Crippen LogP contribution in [0.25, 0.3) is 0 Å². The van der Waals surface area contributed by atoms with Crippen LogP contribution in [0.1, 0.15) is 52.9 Å². The quantitative estimate of drug-likeness (QED) is 0.0696. The summed E-state index contributed by atoms with van der Waals surface area (Å²) in [7, 11) is 0. The highest BCUT2D eigenvalue weighted by Gasteiger charge is 2.10. The fourth-order valence-electron chi connectivity index (χ4n) is 3.84. The minimum Gasteiger partial charge on any atom is -0.464 e. The summed E-state index contributed by atoms with van der Waals surface area (Å²) in [6, 6.07) is 11.6. The van der Waals surface area contributed by atoms with Crippen LogP contribution in [-0.2, 0) is 9.53 Å². The highest BCUT2D eigenvalue weighted by Crippen LogP contribution is 2.30. The molecule has 2 aromatic rings. The average molecular weight is 532 g/mol. The first-order valence-corrected chi connectivity index (χ1v) is 13.3. The number of halogens is 1. The Bertz CT molecular complexity index is 1010. The van der Waals surface area contributed by atoms with Crippen molar-refractivity contribution < 1.29 is 14.5 Å². The predicted molar refractivity (Wildman–Crippen MR) is 148 cm³/mol. The van der Waals surface area contributed by atoms with Gasteiger partial charge >= 0.3 is 5.97 Å². The van der Waals surface area contributed by atoms with Crippen LogP contribution < -0.4 is 4.90 Å². The Kier molecular flexibility index (Phi) is 13.6. The minimum absolute atomic E-state index is 0.0972. The molecule has 0 spiro atoms. The van der Waals surface area contributed by atoms with Crippen molar-refractivity contribution in [3.63, 3.8) is 0 Å². The van der Waals surface area contributed by atoms with Crippen molar-refractivity contribution in [3.05, 3.63) is 57.6 Å². The van der Waals surface area contributed by atoms with Crippen LogP contribution in [0.3, 0.4) is 0 Å². The smallest absolute Gasteiger partial charge is 0.305 e. The Morgan fingerprint density at radius 3 is 2.27 bits per heavy atom. The van der Waals surface area contributed by atoms with Gasteiger partial charge in [0.1, 0.15) is 12.3 Å². The van der Waals surface area contributed by atoms with Crippen molar-refractivity contribution in [2.45, 2.75) is 52.9 Å². The number of azo groups is 1. The maximum Gasteiger partial charge on any atom is 0.305 e. The molecule has 0 bridgehead atoms. The van der Waals surface area contributed by atoms with Crippen LogP contribution >= 0.6 is 11.6 Å². The number of benzene rings is 2. The number of carbonyl (C=O) groups excluding carboxylic acids is 1. The van der Waals surface area contributed by atoms with Gasteiger partial charge in [-0.05, 0) is 69.7 Å². The molecule has 2 rings (SSSR count). The van der Waals surface area contributed by atoms with Crippen LogP contribution in [0.15, 0.2) is 52.7 Å². The number of esters is 1. The molecule has 2 aromatic carbocycles. The van der Waals surface area contributed by atoms with Crippen molar-refractivity contribution in [1.82, 2.24) is 4.90 Å². The van der Waals surface area contributed by atoms with Crippen molar-refractivity contribution in [2.75, 3.05) is 44.2 Å². The van der Waals surface area contributed by atoms with E-state index >= 15 is 0 Å². The maximum atomic E-state index is 12.1. The molecule has 0 N–H and O–H groups in total. The van der Waals surface area contributed by atoms with E-state index in [0.29, 0.717) is 30.9 Å². The summed E-state index contributed by atoms with van der Waals surface area (Å²) in [6.45, 7) is 11.4. The van der Waals surface area contributed by atoms with E-state index in [1.165, 1.54) is 24.6 Å². The molecule has 0 radical (unpaired) electrons. The number of rotatable bonds is 17. The average Bonchev–Trinajstić information content (AvgIpc) is 2.90. The zero-order chi connectivity index (χ0) is 27.0. The molecular weight excluding hydrogens is 494 g/mol. The standard InChI is InChI=1S/C27H38ClN5O4/c1-4-31(5-2)18-10-8-7-9-11-27(34)37-20-19-32(6-3)23-14-12-22(13-15-23)29-30-26-17-16-24(33(35)36)21-25(26)28/h12-17,21H,4-11,18-20H2,1-3H3. The maximum absolute atomic E-state index is 12.1. The monoisotopic (exact) mass is 531 g/mol. The van der Waals surface area contributed by atoms with Gasteiger partial charge in [0.2, 0.25) is 0 Å². The molecule has 0 amide bonds. The molecule has 0 atom stereocenters. The summed E-state index contributed by atoms with van der Waals surface area (Å²) in [6.07, 6.45) is 4.71. The summed E-state index contributed by atoms with van der Waals surface area (Å²) in [4.78, 5) is 26.9. The molecule has 0 fully saturated rings. The van der Waals surface area contributed by atoms with E-state index in [4.69, 9.17) is 16.3 Å².